The fraction of sp³-hybridized carbons (Fsp3) is 0.0588. The quantitative estimate of drug-likeness (QED) is 0.378. The molecule has 1 saturated heterocycles. The summed E-state index contributed by atoms with van der Waals surface area (Å²) in [5, 5.41) is 24.7. The lowest BCUT2D eigenvalue weighted by Crippen LogP contribution is -2.19. The van der Waals surface area contributed by atoms with Crippen LogP contribution >= 0.6 is 39.3 Å². The number of carbonyl (C=O) groups excluding carboxylic acids is 1. The summed E-state index contributed by atoms with van der Waals surface area (Å²) in [6.07, 6.45) is 1.38. The Hall–Kier alpha value is -2.36. The molecule has 2 aromatic carbocycles. The third kappa shape index (κ3) is 4.15. The monoisotopic (exact) mass is 467 g/mol. The standard InChI is InChI=1S/C17H11BrClN3O4S/c1-8-12(19)3-2-4-13(8)20-17-21-16(24)14(27-17)6-9-5-10(22(25)26)7-11(18)15(9)23/h2-7,23H,1H3,(H,20,21,24)/b14-6+. The zero-order valence-electron chi connectivity index (χ0n) is 13.7. The van der Waals surface area contributed by atoms with Gasteiger partial charge in [-0.3, -0.25) is 14.9 Å². The first-order valence-electron chi connectivity index (χ1n) is 7.48. The number of nitro groups is 1. The van der Waals surface area contributed by atoms with Gasteiger partial charge in [0.25, 0.3) is 11.6 Å². The van der Waals surface area contributed by atoms with Gasteiger partial charge >= 0.3 is 0 Å². The minimum Gasteiger partial charge on any atom is -0.506 e. The van der Waals surface area contributed by atoms with Crippen molar-refractivity contribution >= 4 is 67.8 Å². The first-order valence-corrected chi connectivity index (χ1v) is 9.46. The highest BCUT2D eigenvalue weighted by Crippen LogP contribution is 2.37. The summed E-state index contributed by atoms with van der Waals surface area (Å²) in [7, 11) is 0. The second-order valence-electron chi connectivity index (χ2n) is 5.49. The maximum absolute atomic E-state index is 12.2. The van der Waals surface area contributed by atoms with Gasteiger partial charge in [0, 0.05) is 22.7 Å². The van der Waals surface area contributed by atoms with Crippen molar-refractivity contribution in [3.8, 4) is 5.75 Å². The van der Waals surface area contributed by atoms with E-state index in [1.54, 1.807) is 18.2 Å². The fourth-order valence-corrected chi connectivity index (χ4v) is 3.73. The Kier molecular flexibility index (Phi) is 5.54. The third-order valence-corrected chi connectivity index (χ3v) is 5.61. The summed E-state index contributed by atoms with van der Waals surface area (Å²) < 4.78 is 0.162. The average Bonchev–Trinajstić information content (AvgIpc) is 2.95. The molecule has 0 aromatic heterocycles. The summed E-state index contributed by atoms with van der Waals surface area (Å²) in [4.78, 5) is 27.3. The van der Waals surface area contributed by atoms with Gasteiger partial charge in [0.05, 0.1) is 20.0 Å². The molecule has 1 fully saturated rings. The number of phenols is 1. The largest absolute Gasteiger partial charge is 0.506 e. The van der Waals surface area contributed by atoms with E-state index in [9.17, 15) is 20.0 Å². The van der Waals surface area contributed by atoms with Crippen molar-refractivity contribution in [1.29, 1.82) is 0 Å². The highest BCUT2D eigenvalue weighted by atomic mass is 79.9. The Labute approximate surface area is 171 Å². The van der Waals surface area contributed by atoms with Crippen LogP contribution in [0.15, 0.2) is 44.7 Å². The van der Waals surface area contributed by atoms with Crippen LogP contribution in [0.3, 0.4) is 0 Å². The maximum Gasteiger partial charge on any atom is 0.271 e. The summed E-state index contributed by atoms with van der Waals surface area (Å²) >= 11 is 10.2. The van der Waals surface area contributed by atoms with Crippen LogP contribution in [0.2, 0.25) is 5.02 Å². The minimum absolute atomic E-state index is 0.147. The number of nitrogens with zero attached hydrogens (tertiary/aromatic N) is 2. The number of amides is 1. The summed E-state index contributed by atoms with van der Waals surface area (Å²) in [5.74, 6) is -0.613. The molecule has 0 bridgehead atoms. The molecule has 1 amide bonds. The third-order valence-electron chi connectivity index (χ3n) is 3.69. The normalized spacial score (nSPS) is 16.8. The molecule has 0 atom stereocenters. The van der Waals surface area contributed by atoms with Gasteiger partial charge in [-0.1, -0.05) is 17.7 Å². The van der Waals surface area contributed by atoms with Crippen LogP contribution in [0.1, 0.15) is 11.1 Å². The van der Waals surface area contributed by atoms with Crippen LogP contribution in [0.5, 0.6) is 5.75 Å². The number of amidine groups is 1. The predicted molar refractivity (Wildman–Crippen MR) is 109 cm³/mol. The molecule has 3 rings (SSSR count). The number of aliphatic imine (C=N–C) groups is 1. The lowest BCUT2D eigenvalue weighted by atomic mass is 10.1. The number of phenolic OH excluding ortho intramolecular Hbond substituents is 1. The fourth-order valence-electron chi connectivity index (χ4n) is 2.27. The number of aromatic hydroxyl groups is 1. The topological polar surface area (TPSA) is 105 Å². The molecule has 7 nitrogen and oxygen atoms in total. The molecule has 0 saturated carbocycles. The van der Waals surface area contributed by atoms with E-state index in [1.807, 2.05) is 6.92 Å². The molecule has 138 valence electrons. The number of hydrogen-bond donors (Lipinski definition) is 2. The van der Waals surface area contributed by atoms with Gasteiger partial charge in [-0.25, -0.2) is 4.99 Å². The first kappa shape index (κ1) is 19.4. The zero-order chi connectivity index (χ0) is 19.7. The van der Waals surface area contributed by atoms with Gasteiger partial charge in [-0.05, 0) is 58.4 Å². The highest BCUT2D eigenvalue weighted by molar-refractivity contribution is 9.10. The van der Waals surface area contributed by atoms with Gasteiger partial charge in [-0.15, -0.1) is 0 Å². The number of hydrogen-bond acceptors (Lipinski definition) is 6. The molecule has 0 unspecified atom stereocenters. The Bertz CT molecular complexity index is 1040. The molecule has 2 aromatic rings. The van der Waals surface area contributed by atoms with Gasteiger partial charge in [0.2, 0.25) is 0 Å². The second kappa shape index (κ2) is 7.71. The molecular formula is C17H11BrClN3O4S. The second-order valence-corrected chi connectivity index (χ2v) is 7.78. The minimum atomic E-state index is -0.580. The van der Waals surface area contributed by atoms with Crippen LogP contribution in [0.25, 0.3) is 6.08 Å². The number of nitro benzene ring substituents is 1. The molecule has 0 spiro atoms. The van der Waals surface area contributed by atoms with Crippen molar-refractivity contribution in [1.82, 2.24) is 5.32 Å². The van der Waals surface area contributed by atoms with E-state index in [-0.39, 0.29) is 26.4 Å². The zero-order valence-corrected chi connectivity index (χ0v) is 16.9. The van der Waals surface area contributed by atoms with E-state index in [1.165, 1.54) is 18.2 Å². The first-order chi connectivity index (χ1) is 12.8. The highest BCUT2D eigenvalue weighted by Gasteiger charge is 2.25. The van der Waals surface area contributed by atoms with Crippen molar-refractivity contribution in [2.45, 2.75) is 6.92 Å². The Morgan fingerprint density at radius 2 is 2.15 bits per heavy atom. The molecule has 0 aliphatic carbocycles. The van der Waals surface area contributed by atoms with E-state index in [4.69, 9.17) is 11.6 Å². The molecule has 1 aliphatic heterocycles. The van der Waals surface area contributed by atoms with Gasteiger partial charge in [0.15, 0.2) is 5.17 Å². The summed E-state index contributed by atoms with van der Waals surface area (Å²) in [6.45, 7) is 1.82. The van der Waals surface area contributed by atoms with Crippen molar-refractivity contribution in [3.05, 3.63) is 66.0 Å². The van der Waals surface area contributed by atoms with Crippen LogP contribution < -0.4 is 5.32 Å². The predicted octanol–water partition coefficient (Wildman–Crippen LogP) is 4.92. The van der Waals surface area contributed by atoms with Crippen molar-refractivity contribution < 1.29 is 14.8 Å². The molecule has 10 heteroatoms. The molecular weight excluding hydrogens is 458 g/mol. The van der Waals surface area contributed by atoms with Crippen molar-refractivity contribution in [2.24, 2.45) is 4.99 Å². The molecule has 27 heavy (non-hydrogen) atoms. The number of halogens is 2. The summed E-state index contributed by atoms with van der Waals surface area (Å²) in [6, 6.07) is 7.65. The maximum atomic E-state index is 12.2. The number of rotatable bonds is 3. The van der Waals surface area contributed by atoms with Crippen molar-refractivity contribution in [2.75, 3.05) is 0 Å². The van der Waals surface area contributed by atoms with E-state index in [0.717, 1.165) is 17.3 Å². The Morgan fingerprint density at radius 1 is 1.41 bits per heavy atom. The van der Waals surface area contributed by atoms with Crippen LogP contribution in [0.4, 0.5) is 11.4 Å². The molecule has 0 radical (unpaired) electrons. The lowest BCUT2D eigenvalue weighted by molar-refractivity contribution is -0.385. The Morgan fingerprint density at radius 3 is 2.85 bits per heavy atom. The van der Waals surface area contributed by atoms with Crippen molar-refractivity contribution in [3.63, 3.8) is 0 Å². The van der Waals surface area contributed by atoms with E-state index < -0.39 is 10.8 Å². The molecule has 1 aliphatic rings. The molecule has 1 heterocycles. The molecule has 2 N–H and O–H groups in total. The van der Waals surface area contributed by atoms with E-state index >= 15 is 0 Å². The summed E-state index contributed by atoms with van der Waals surface area (Å²) in [5.41, 5.74) is 1.33. The van der Waals surface area contributed by atoms with E-state index in [0.29, 0.717) is 15.9 Å². The van der Waals surface area contributed by atoms with Gasteiger partial charge in [-0.2, -0.15) is 0 Å². The van der Waals surface area contributed by atoms with Gasteiger partial charge in [0.1, 0.15) is 5.75 Å². The number of benzene rings is 2. The number of nitrogens with one attached hydrogen (secondary N) is 1. The number of thioether (sulfide) groups is 1. The van der Waals surface area contributed by atoms with Gasteiger partial charge < -0.3 is 10.4 Å². The number of carbonyl (C=O) groups is 1. The Balaban J connectivity index is 1.96. The SMILES string of the molecule is Cc1c(Cl)cccc1N=C1NC(=O)/C(=C\c2cc([N+](=O)[O-])cc(Br)c2O)S1. The van der Waals surface area contributed by atoms with Crippen LogP contribution in [0, 0.1) is 17.0 Å². The van der Waals surface area contributed by atoms with Crippen LogP contribution in [-0.2, 0) is 4.79 Å². The average molecular weight is 469 g/mol. The lowest BCUT2D eigenvalue weighted by Gasteiger charge is -2.03. The number of non-ortho nitro benzene ring substituents is 1. The van der Waals surface area contributed by atoms with Crippen LogP contribution in [-0.4, -0.2) is 21.1 Å². The van der Waals surface area contributed by atoms with E-state index in [2.05, 4.69) is 26.2 Å². The smallest absolute Gasteiger partial charge is 0.271 e.